The SMILES string of the molecule is COc1ccc(/C=C/C(=O)OCCc2ccccc2)c2c1CC(C(C)(C)O)O2. The van der Waals surface area contributed by atoms with Gasteiger partial charge in [-0.15, -0.1) is 0 Å². The molecule has 0 spiro atoms. The van der Waals surface area contributed by atoms with Crippen LogP contribution in [0, 0.1) is 0 Å². The Balaban J connectivity index is 1.66. The van der Waals surface area contributed by atoms with E-state index in [0.29, 0.717) is 30.9 Å². The largest absolute Gasteiger partial charge is 0.496 e. The minimum atomic E-state index is -0.985. The number of fused-ring (bicyclic) bond motifs is 1. The van der Waals surface area contributed by atoms with Gasteiger partial charge in [0, 0.05) is 30.0 Å². The number of esters is 1. The zero-order chi connectivity index (χ0) is 20.1. The Morgan fingerprint density at radius 3 is 2.68 bits per heavy atom. The van der Waals surface area contributed by atoms with Crippen LogP contribution in [0.1, 0.15) is 30.5 Å². The van der Waals surface area contributed by atoms with E-state index >= 15 is 0 Å². The normalized spacial score (nSPS) is 15.9. The average Bonchev–Trinajstić information content (AvgIpc) is 3.13. The second kappa shape index (κ2) is 8.48. The standard InChI is InChI=1S/C23H26O5/c1-23(2,25)20-15-18-19(26-3)11-9-17(22(18)28-20)10-12-21(24)27-14-13-16-7-5-4-6-8-16/h4-12,20,25H,13-15H2,1-3H3/b12-10+. The fourth-order valence-electron chi connectivity index (χ4n) is 3.17. The summed E-state index contributed by atoms with van der Waals surface area (Å²) in [5.41, 5.74) is 1.79. The van der Waals surface area contributed by atoms with Crippen LogP contribution in [0.4, 0.5) is 0 Å². The molecule has 0 bridgehead atoms. The smallest absolute Gasteiger partial charge is 0.330 e. The molecule has 0 saturated heterocycles. The van der Waals surface area contributed by atoms with Crippen LogP contribution in [0.25, 0.3) is 6.08 Å². The van der Waals surface area contributed by atoms with E-state index in [4.69, 9.17) is 14.2 Å². The third kappa shape index (κ3) is 4.73. The first-order valence-corrected chi connectivity index (χ1v) is 9.36. The summed E-state index contributed by atoms with van der Waals surface area (Å²) in [5.74, 6) is 0.946. The minimum Gasteiger partial charge on any atom is -0.496 e. The Hall–Kier alpha value is -2.79. The molecule has 0 fully saturated rings. The third-order valence-corrected chi connectivity index (χ3v) is 4.78. The number of benzene rings is 2. The monoisotopic (exact) mass is 382 g/mol. The van der Waals surface area contributed by atoms with Crippen LogP contribution in [0.15, 0.2) is 48.5 Å². The first-order valence-electron chi connectivity index (χ1n) is 9.36. The maximum Gasteiger partial charge on any atom is 0.330 e. The van der Waals surface area contributed by atoms with Gasteiger partial charge in [-0.3, -0.25) is 0 Å². The molecule has 28 heavy (non-hydrogen) atoms. The van der Waals surface area contributed by atoms with Gasteiger partial charge in [0.2, 0.25) is 0 Å². The van der Waals surface area contributed by atoms with Crippen molar-refractivity contribution in [3.8, 4) is 11.5 Å². The molecule has 1 aliphatic rings. The second-order valence-electron chi connectivity index (χ2n) is 7.37. The van der Waals surface area contributed by atoms with Gasteiger partial charge in [-0.2, -0.15) is 0 Å². The van der Waals surface area contributed by atoms with Gasteiger partial charge in [-0.1, -0.05) is 30.3 Å². The molecule has 0 aliphatic carbocycles. The molecule has 1 unspecified atom stereocenters. The third-order valence-electron chi connectivity index (χ3n) is 4.78. The van der Waals surface area contributed by atoms with E-state index in [9.17, 15) is 9.90 Å². The lowest BCUT2D eigenvalue weighted by atomic mass is 9.96. The van der Waals surface area contributed by atoms with Crippen LogP contribution in [0.3, 0.4) is 0 Å². The van der Waals surface area contributed by atoms with Gasteiger partial charge in [0.05, 0.1) is 19.3 Å². The van der Waals surface area contributed by atoms with Crippen LogP contribution in [-0.2, 0) is 22.4 Å². The lowest BCUT2D eigenvalue weighted by Gasteiger charge is -2.24. The molecular weight excluding hydrogens is 356 g/mol. The fraction of sp³-hybridized carbons (Fsp3) is 0.348. The molecule has 0 aromatic heterocycles. The molecule has 5 heteroatoms. The highest BCUT2D eigenvalue weighted by Crippen LogP contribution is 2.41. The highest BCUT2D eigenvalue weighted by molar-refractivity contribution is 5.88. The summed E-state index contributed by atoms with van der Waals surface area (Å²) in [6.07, 6.45) is 3.92. The highest BCUT2D eigenvalue weighted by Gasteiger charge is 2.37. The van der Waals surface area contributed by atoms with Crippen molar-refractivity contribution in [2.45, 2.75) is 38.4 Å². The van der Waals surface area contributed by atoms with Gasteiger partial charge in [0.1, 0.15) is 17.6 Å². The highest BCUT2D eigenvalue weighted by atomic mass is 16.5. The predicted octanol–water partition coefficient (Wildman–Crippen LogP) is 3.57. The molecular formula is C23H26O5. The van der Waals surface area contributed by atoms with Gasteiger partial charge in [-0.25, -0.2) is 4.79 Å². The van der Waals surface area contributed by atoms with Crippen molar-refractivity contribution < 1.29 is 24.1 Å². The zero-order valence-electron chi connectivity index (χ0n) is 16.5. The lowest BCUT2D eigenvalue weighted by Crippen LogP contribution is -2.39. The molecule has 2 aromatic rings. The van der Waals surface area contributed by atoms with Crippen molar-refractivity contribution in [1.82, 2.24) is 0 Å². The zero-order valence-corrected chi connectivity index (χ0v) is 16.5. The number of ether oxygens (including phenoxy) is 3. The predicted molar refractivity (Wildman–Crippen MR) is 108 cm³/mol. The van der Waals surface area contributed by atoms with Gasteiger partial charge >= 0.3 is 5.97 Å². The number of carbonyl (C=O) groups excluding carboxylic acids is 1. The molecule has 1 aliphatic heterocycles. The summed E-state index contributed by atoms with van der Waals surface area (Å²) in [6.45, 7) is 3.76. The van der Waals surface area contributed by atoms with Crippen molar-refractivity contribution >= 4 is 12.0 Å². The first-order chi connectivity index (χ1) is 13.4. The molecule has 2 aromatic carbocycles. The summed E-state index contributed by atoms with van der Waals surface area (Å²) in [5, 5.41) is 10.3. The molecule has 5 nitrogen and oxygen atoms in total. The number of methoxy groups -OCH3 is 1. The van der Waals surface area contributed by atoms with Crippen LogP contribution < -0.4 is 9.47 Å². The molecule has 1 atom stereocenters. The van der Waals surface area contributed by atoms with E-state index in [1.165, 1.54) is 6.08 Å². The van der Waals surface area contributed by atoms with Crippen molar-refractivity contribution in [2.75, 3.05) is 13.7 Å². The van der Waals surface area contributed by atoms with Crippen molar-refractivity contribution in [3.63, 3.8) is 0 Å². The lowest BCUT2D eigenvalue weighted by molar-refractivity contribution is -0.137. The summed E-state index contributed by atoms with van der Waals surface area (Å²) >= 11 is 0. The molecule has 1 heterocycles. The number of carbonyl (C=O) groups is 1. The maximum atomic E-state index is 12.0. The Morgan fingerprint density at radius 1 is 1.25 bits per heavy atom. The van der Waals surface area contributed by atoms with Gasteiger partial charge in [0.25, 0.3) is 0 Å². The number of aliphatic hydroxyl groups is 1. The number of hydrogen-bond acceptors (Lipinski definition) is 5. The van der Waals surface area contributed by atoms with E-state index in [1.807, 2.05) is 42.5 Å². The van der Waals surface area contributed by atoms with Crippen molar-refractivity contribution in [2.24, 2.45) is 0 Å². The molecule has 148 valence electrons. The Labute approximate surface area is 165 Å². The summed E-state index contributed by atoms with van der Waals surface area (Å²) < 4.78 is 16.7. The second-order valence-corrected chi connectivity index (χ2v) is 7.37. The van der Waals surface area contributed by atoms with Crippen molar-refractivity contribution in [1.29, 1.82) is 0 Å². The fourth-order valence-corrected chi connectivity index (χ4v) is 3.17. The Morgan fingerprint density at radius 2 is 2.00 bits per heavy atom. The van der Waals surface area contributed by atoms with E-state index in [1.54, 1.807) is 27.0 Å². The Bertz CT molecular complexity index is 849. The Kier molecular flexibility index (Phi) is 6.05. The molecule has 3 rings (SSSR count). The minimum absolute atomic E-state index is 0.325. The molecule has 0 saturated carbocycles. The molecule has 0 radical (unpaired) electrons. The van der Waals surface area contributed by atoms with Gasteiger partial charge < -0.3 is 19.3 Å². The number of rotatable bonds is 7. The van der Waals surface area contributed by atoms with E-state index < -0.39 is 11.6 Å². The quantitative estimate of drug-likeness (QED) is 0.586. The average molecular weight is 382 g/mol. The van der Waals surface area contributed by atoms with Crippen LogP contribution >= 0.6 is 0 Å². The molecule has 1 N–H and O–H groups in total. The van der Waals surface area contributed by atoms with E-state index in [-0.39, 0.29) is 6.10 Å². The van der Waals surface area contributed by atoms with E-state index in [2.05, 4.69) is 0 Å². The van der Waals surface area contributed by atoms with Crippen LogP contribution in [0.5, 0.6) is 11.5 Å². The maximum absolute atomic E-state index is 12.0. The summed E-state index contributed by atoms with van der Waals surface area (Å²) in [6, 6.07) is 13.6. The first kappa shape index (κ1) is 20.0. The topological polar surface area (TPSA) is 65.0 Å². The number of hydrogen-bond donors (Lipinski definition) is 1. The summed E-state index contributed by atoms with van der Waals surface area (Å²) in [4.78, 5) is 12.0. The van der Waals surface area contributed by atoms with Crippen LogP contribution in [0.2, 0.25) is 0 Å². The van der Waals surface area contributed by atoms with Gasteiger partial charge in [-0.05, 0) is 37.6 Å². The van der Waals surface area contributed by atoms with Crippen LogP contribution in [-0.4, -0.2) is 36.5 Å². The summed E-state index contributed by atoms with van der Waals surface area (Å²) in [7, 11) is 1.60. The van der Waals surface area contributed by atoms with Crippen molar-refractivity contribution in [3.05, 3.63) is 65.2 Å². The molecule has 0 amide bonds. The van der Waals surface area contributed by atoms with E-state index in [0.717, 1.165) is 16.7 Å². The van der Waals surface area contributed by atoms with Gasteiger partial charge in [0.15, 0.2) is 0 Å².